The summed E-state index contributed by atoms with van der Waals surface area (Å²) in [4.78, 5) is 76.4. The molecule has 0 spiro atoms. The molecule has 0 aliphatic carbocycles. The van der Waals surface area contributed by atoms with Crippen LogP contribution in [0.1, 0.15) is 93.1 Å². The van der Waals surface area contributed by atoms with Crippen LogP contribution in [0.2, 0.25) is 0 Å². The van der Waals surface area contributed by atoms with E-state index in [9.17, 15) is 39.0 Å². The third-order valence-corrected chi connectivity index (χ3v) is 10.1. The Kier molecular flexibility index (Phi) is 22.1. The fourth-order valence-corrected chi connectivity index (χ4v) is 6.57. The molecule has 5 N–H and O–H groups in total. The average Bonchev–Trinajstić information content (AvgIpc) is 3.19. The van der Waals surface area contributed by atoms with E-state index in [0.717, 1.165) is 5.56 Å². The Morgan fingerprint density at radius 3 is 2.30 bits per heavy atom. The number of aliphatic hydroxyl groups excluding tert-OH is 2. The summed E-state index contributed by atoms with van der Waals surface area (Å²) in [6.07, 6.45) is 10.1. The second kappa shape index (κ2) is 25.8. The second-order valence-electron chi connectivity index (χ2n) is 16.7. The lowest BCUT2D eigenvalue weighted by molar-refractivity contribution is -0.156. The van der Waals surface area contributed by atoms with Crippen LogP contribution < -0.4 is 16.1 Å². The minimum absolute atomic E-state index is 0.0273. The van der Waals surface area contributed by atoms with Crippen molar-refractivity contribution in [1.82, 2.24) is 21.1 Å². The first-order valence-electron chi connectivity index (χ1n) is 20.8. The molecule has 0 saturated carbocycles. The Morgan fingerprint density at radius 2 is 1.70 bits per heavy atom. The normalized spacial score (nSPS) is 18.8. The average molecular weight is 837 g/mol. The number of aliphatic hydroxyl groups is 2. The molecule has 8 atom stereocenters. The number of rotatable bonds is 23. The number of likely N-dealkylation sites (N-methyl/N-ethyl adjacent to an activating group) is 1. The van der Waals surface area contributed by atoms with Gasteiger partial charge in [-0.25, -0.2) is 10.2 Å². The summed E-state index contributed by atoms with van der Waals surface area (Å²) in [5.41, 5.74) is 3.84. The van der Waals surface area contributed by atoms with Crippen molar-refractivity contribution in [2.45, 2.75) is 136 Å². The number of allylic oxidation sites excluding steroid dienone is 4. The number of amides is 2. The molecule has 1 fully saturated rings. The molecule has 2 rings (SSSR count). The van der Waals surface area contributed by atoms with Crippen LogP contribution in [0.3, 0.4) is 0 Å². The predicted molar refractivity (Wildman–Crippen MR) is 230 cm³/mol. The highest BCUT2D eigenvalue weighted by Crippen LogP contribution is 2.21. The minimum Gasteiger partial charge on any atom is -0.457 e. The molecule has 2 amide bonds. The molecule has 60 heavy (non-hydrogen) atoms. The molecular formula is C46H68N4O10. The zero-order chi connectivity index (χ0) is 45.0. The lowest BCUT2D eigenvalue weighted by Gasteiger charge is -2.36. The molecule has 0 radical (unpaired) electrons. The quantitative estimate of drug-likeness (QED) is 0.0455. The van der Waals surface area contributed by atoms with Gasteiger partial charge in [-0.2, -0.15) is 0 Å². The maximum Gasteiger partial charge on any atom is 0.331 e. The Labute approximate surface area is 355 Å². The van der Waals surface area contributed by atoms with Crippen molar-refractivity contribution in [2.24, 2.45) is 17.8 Å². The maximum absolute atomic E-state index is 14.1. The molecule has 14 nitrogen and oxygen atoms in total. The number of hydrogen-bond acceptors (Lipinski definition) is 12. The SMILES string of the molecule is CNC(C(=O)NC(Cc1ccccc1)C(=O)N1CCCC(C(=O)O[C@@H](C/C=C/C=C/[C@H](O)C(C)C(O)C(C=O)CCC(C)=O)/C(C)=C/C=C/C(=O)OC(C)(C)C)N1)C(C)C. The van der Waals surface area contributed by atoms with Crippen molar-refractivity contribution in [3.05, 3.63) is 84.0 Å². The van der Waals surface area contributed by atoms with Gasteiger partial charge in [0.05, 0.1) is 18.2 Å². The van der Waals surface area contributed by atoms with Gasteiger partial charge in [0.15, 0.2) is 0 Å². The van der Waals surface area contributed by atoms with Gasteiger partial charge in [-0.3, -0.25) is 19.4 Å². The molecule has 1 heterocycles. The molecule has 1 aromatic carbocycles. The Bertz CT molecular complexity index is 1680. The molecule has 332 valence electrons. The molecule has 1 aliphatic heterocycles. The highest BCUT2D eigenvalue weighted by atomic mass is 16.6. The molecule has 6 unspecified atom stereocenters. The van der Waals surface area contributed by atoms with Gasteiger partial charge in [0, 0.05) is 43.7 Å². The van der Waals surface area contributed by atoms with E-state index in [1.165, 1.54) is 30.2 Å². The monoisotopic (exact) mass is 836 g/mol. The molecule has 1 saturated heterocycles. The molecular weight excluding hydrogens is 769 g/mol. The number of esters is 2. The van der Waals surface area contributed by atoms with Crippen molar-refractivity contribution in [1.29, 1.82) is 0 Å². The van der Waals surface area contributed by atoms with Gasteiger partial charge >= 0.3 is 11.9 Å². The van der Waals surface area contributed by atoms with Crippen LogP contribution in [0.5, 0.6) is 0 Å². The van der Waals surface area contributed by atoms with Crippen LogP contribution in [-0.2, 0) is 44.7 Å². The number of nitrogens with zero attached hydrogens (tertiary/aromatic N) is 1. The standard InChI is InChI=1S/C46H68N4O10/c1-30(2)41(47-9)43(56)48-37(28-34-19-12-10-13-20-34)44(57)50-27-17-21-36(49-50)45(58)59-39(31(3)18-16-24-40(54)60-46(6,7)8)23-15-11-14-22-38(53)33(5)42(55)35(29-51)26-25-32(4)52/h10-16,18-20,22,24,29-30,33,35-39,41-42,47,49,53,55H,17,21,23,25-28H2,1-9H3,(H,48,56)/b15-11+,22-14+,24-16+,31-18+/t33?,35?,36?,37?,38-,39-,41?,42?/m0/s1. The van der Waals surface area contributed by atoms with Gasteiger partial charge in [0.25, 0.3) is 5.91 Å². The van der Waals surface area contributed by atoms with E-state index in [0.29, 0.717) is 31.2 Å². The third-order valence-electron chi connectivity index (χ3n) is 10.1. The van der Waals surface area contributed by atoms with Crippen molar-refractivity contribution < 1.29 is 48.5 Å². The largest absolute Gasteiger partial charge is 0.457 e. The highest BCUT2D eigenvalue weighted by Gasteiger charge is 2.35. The smallest absolute Gasteiger partial charge is 0.331 e. The number of nitrogens with one attached hydrogen (secondary N) is 3. The van der Waals surface area contributed by atoms with Crippen molar-refractivity contribution >= 4 is 35.8 Å². The van der Waals surface area contributed by atoms with Gasteiger partial charge in [-0.1, -0.05) is 87.6 Å². The number of hydrazine groups is 1. The first kappa shape index (κ1) is 51.4. The van der Waals surface area contributed by atoms with Crippen molar-refractivity contribution in [3.63, 3.8) is 0 Å². The summed E-state index contributed by atoms with van der Waals surface area (Å²) in [5, 5.41) is 28.7. The van der Waals surface area contributed by atoms with E-state index in [1.54, 1.807) is 66.0 Å². The first-order chi connectivity index (χ1) is 28.3. The zero-order valence-corrected chi connectivity index (χ0v) is 36.8. The Morgan fingerprint density at radius 1 is 1.02 bits per heavy atom. The van der Waals surface area contributed by atoms with Gasteiger partial charge in [-0.05, 0) is 78.0 Å². The maximum atomic E-state index is 14.1. The van der Waals surface area contributed by atoms with Gasteiger partial charge < -0.3 is 39.9 Å². The predicted octanol–water partition coefficient (Wildman–Crippen LogP) is 4.25. The highest BCUT2D eigenvalue weighted by molar-refractivity contribution is 5.90. The van der Waals surface area contributed by atoms with Crippen LogP contribution >= 0.6 is 0 Å². The number of carbonyl (C=O) groups excluding carboxylic acids is 6. The number of benzene rings is 1. The number of aldehydes is 1. The van der Waals surface area contributed by atoms with Crippen LogP contribution in [0.25, 0.3) is 0 Å². The van der Waals surface area contributed by atoms with Crippen molar-refractivity contribution in [3.8, 4) is 0 Å². The Balaban J connectivity index is 2.26. The van der Waals surface area contributed by atoms with Crippen LogP contribution in [0.15, 0.2) is 78.4 Å². The molecule has 1 aromatic rings. The van der Waals surface area contributed by atoms with Crippen LogP contribution in [-0.4, -0.2) is 107 Å². The summed E-state index contributed by atoms with van der Waals surface area (Å²) in [5.74, 6) is -3.45. The van der Waals surface area contributed by atoms with Gasteiger partial charge in [-0.15, -0.1) is 0 Å². The van der Waals surface area contributed by atoms with Gasteiger partial charge in [0.2, 0.25) is 5.91 Å². The van der Waals surface area contributed by atoms with E-state index in [2.05, 4.69) is 16.1 Å². The van der Waals surface area contributed by atoms with E-state index in [4.69, 9.17) is 9.47 Å². The molecule has 0 bridgehead atoms. The van der Waals surface area contributed by atoms with E-state index >= 15 is 0 Å². The van der Waals surface area contributed by atoms with E-state index < -0.39 is 65.8 Å². The topological polar surface area (TPSA) is 201 Å². The lowest BCUT2D eigenvalue weighted by Crippen LogP contribution is -2.61. The fraction of sp³-hybridized carbons (Fsp3) is 0.565. The lowest BCUT2D eigenvalue weighted by atomic mass is 9.86. The summed E-state index contributed by atoms with van der Waals surface area (Å²) < 4.78 is 11.4. The second-order valence-corrected chi connectivity index (χ2v) is 16.7. The number of hydrogen-bond donors (Lipinski definition) is 5. The number of ketones is 1. The van der Waals surface area contributed by atoms with E-state index in [-0.39, 0.29) is 49.2 Å². The molecule has 14 heteroatoms. The molecule has 1 aliphatic rings. The number of ether oxygens (including phenoxy) is 2. The Hall–Kier alpha value is -4.76. The summed E-state index contributed by atoms with van der Waals surface area (Å²) in [6, 6.07) is 7.07. The van der Waals surface area contributed by atoms with Crippen LogP contribution in [0.4, 0.5) is 0 Å². The van der Waals surface area contributed by atoms with E-state index in [1.807, 2.05) is 44.2 Å². The van der Waals surface area contributed by atoms with Crippen molar-refractivity contribution in [2.75, 3.05) is 13.6 Å². The summed E-state index contributed by atoms with van der Waals surface area (Å²) in [6.45, 7) is 14.2. The first-order valence-corrected chi connectivity index (χ1v) is 20.8. The number of carbonyl (C=O) groups is 6. The van der Waals surface area contributed by atoms with Gasteiger partial charge in [0.1, 0.15) is 35.9 Å². The minimum atomic E-state index is -1.15. The summed E-state index contributed by atoms with van der Waals surface area (Å²) in [7, 11) is 1.70. The molecule has 0 aromatic heterocycles. The third kappa shape index (κ3) is 18.2. The summed E-state index contributed by atoms with van der Waals surface area (Å²) >= 11 is 0. The van der Waals surface area contributed by atoms with Crippen LogP contribution in [0, 0.1) is 17.8 Å². The zero-order valence-electron chi connectivity index (χ0n) is 36.8. The fourth-order valence-electron chi connectivity index (χ4n) is 6.57. The number of Topliss-reactive ketones (excluding diaryl/α,β-unsaturated/α-hetero) is 1.